The zero-order chi connectivity index (χ0) is 16.7. The number of anilines is 1. The molecule has 1 atom stereocenters. The molecule has 2 aromatic carbocycles. The molecule has 2 aromatic rings. The van der Waals surface area contributed by atoms with Gasteiger partial charge in [0.2, 0.25) is 0 Å². The second-order valence-corrected chi connectivity index (χ2v) is 5.33. The summed E-state index contributed by atoms with van der Waals surface area (Å²) in [5, 5.41) is 3.05. The van der Waals surface area contributed by atoms with E-state index in [1.807, 2.05) is 38.1 Å². The van der Waals surface area contributed by atoms with Crippen LogP contribution in [-0.2, 0) is 0 Å². The van der Waals surface area contributed by atoms with Crippen molar-refractivity contribution in [2.75, 3.05) is 11.9 Å². The fourth-order valence-corrected chi connectivity index (χ4v) is 2.09. The summed E-state index contributed by atoms with van der Waals surface area (Å²) in [5.41, 5.74) is 7.94. The van der Waals surface area contributed by atoms with Gasteiger partial charge in [0, 0.05) is 11.8 Å². The number of halogens is 1. The highest BCUT2D eigenvalue weighted by Crippen LogP contribution is 2.15. The molecule has 4 nitrogen and oxygen atoms in total. The van der Waals surface area contributed by atoms with Gasteiger partial charge in [0.05, 0.1) is 6.54 Å². The molecule has 1 unspecified atom stereocenters. The topological polar surface area (TPSA) is 59.6 Å². The van der Waals surface area contributed by atoms with Crippen molar-refractivity contribution in [3.63, 3.8) is 0 Å². The van der Waals surface area contributed by atoms with E-state index in [2.05, 4.69) is 10.3 Å². The standard InChI is InChI=1S/C18H22FN3O/c1-3-16(23-17-9-5-7-14(19)11-17)12-21-18(20)22-15-8-4-6-13(2)10-15/h4-11,16H,3,12H2,1-2H3,(H3,20,21,22). The van der Waals surface area contributed by atoms with E-state index >= 15 is 0 Å². The van der Waals surface area contributed by atoms with Crippen molar-refractivity contribution in [3.05, 3.63) is 59.9 Å². The van der Waals surface area contributed by atoms with E-state index in [0.717, 1.165) is 17.7 Å². The number of nitrogens with two attached hydrogens (primary N) is 1. The summed E-state index contributed by atoms with van der Waals surface area (Å²) < 4.78 is 18.9. The molecule has 0 saturated carbocycles. The second kappa shape index (κ2) is 8.17. The molecule has 0 radical (unpaired) electrons. The van der Waals surface area contributed by atoms with Crippen LogP contribution in [0.5, 0.6) is 5.75 Å². The fraction of sp³-hybridized carbons (Fsp3) is 0.278. The molecule has 0 saturated heterocycles. The molecular weight excluding hydrogens is 293 g/mol. The second-order valence-electron chi connectivity index (χ2n) is 5.33. The molecule has 0 aromatic heterocycles. The van der Waals surface area contributed by atoms with E-state index < -0.39 is 0 Å². The van der Waals surface area contributed by atoms with Crippen LogP contribution in [0.2, 0.25) is 0 Å². The smallest absolute Gasteiger partial charge is 0.193 e. The highest BCUT2D eigenvalue weighted by atomic mass is 19.1. The Morgan fingerprint density at radius 2 is 2.04 bits per heavy atom. The highest BCUT2D eigenvalue weighted by Gasteiger charge is 2.08. The third-order valence-electron chi connectivity index (χ3n) is 3.31. The number of aliphatic imine (C=N–C) groups is 1. The Morgan fingerprint density at radius 1 is 1.26 bits per heavy atom. The fourth-order valence-electron chi connectivity index (χ4n) is 2.09. The Morgan fingerprint density at radius 3 is 2.74 bits per heavy atom. The van der Waals surface area contributed by atoms with Crippen molar-refractivity contribution in [3.8, 4) is 5.75 Å². The molecule has 0 spiro atoms. The quantitative estimate of drug-likeness (QED) is 0.631. The number of guanidine groups is 1. The van der Waals surface area contributed by atoms with Gasteiger partial charge < -0.3 is 15.8 Å². The van der Waals surface area contributed by atoms with Crippen molar-refractivity contribution in [1.29, 1.82) is 0 Å². The minimum atomic E-state index is -0.318. The average Bonchev–Trinajstić information content (AvgIpc) is 2.51. The van der Waals surface area contributed by atoms with Crippen LogP contribution < -0.4 is 15.8 Å². The van der Waals surface area contributed by atoms with Gasteiger partial charge in [-0.1, -0.05) is 25.1 Å². The first-order chi connectivity index (χ1) is 11.1. The van der Waals surface area contributed by atoms with Crippen LogP contribution in [-0.4, -0.2) is 18.6 Å². The third-order valence-corrected chi connectivity index (χ3v) is 3.31. The number of hydrogen-bond donors (Lipinski definition) is 2. The van der Waals surface area contributed by atoms with Gasteiger partial charge in [0.1, 0.15) is 17.7 Å². The summed E-state index contributed by atoms with van der Waals surface area (Å²) in [6.07, 6.45) is 0.590. The normalized spacial score (nSPS) is 12.7. The van der Waals surface area contributed by atoms with Gasteiger partial charge in [0.25, 0.3) is 0 Å². The average molecular weight is 315 g/mol. The minimum absolute atomic E-state index is 0.158. The van der Waals surface area contributed by atoms with Gasteiger partial charge in [-0.15, -0.1) is 0 Å². The number of nitrogens with one attached hydrogen (secondary N) is 1. The van der Waals surface area contributed by atoms with Crippen LogP contribution in [0.25, 0.3) is 0 Å². The molecule has 122 valence electrons. The van der Waals surface area contributed by atoms with Crippen molar-refractivity contribution in [2.45, 2.75) is 26.4 Å². The Labute approximate surface area is 136 Å². The van der Waals surface area contributed by atoms with Crippen molar-refractivity contribution >= 4 is 11.6 Å². The lowest BCUT2D eigenvalue weighted by Crippen LogP contribution is -2.26. The summed E-state index contributed by atoms with van der Waals surface area (Å²) in [7, 11) is 0. The van der Waals surface area contributed by atoms with Gasteiger partial charge in [-0.2, -0.15) is 0 Å². The highest BCUT2D eigenvalue weighted by molar-refractivity contribution is 5.92. The molecule has 0 aliphatic carbocycles. The summed E-state index contributed by atoms with van der Waals surface area (Å²) >= 11 is 0. The first-order valence-electron chi connectivity index (χ1n) is 7.62. The van der Waals surface area contributed by atoms with Gasteiger partial charge in [-0.05, 0) is 43.2 Å². The maximum absolute atomic E-state index is 13.2. The Hall–Kier alpha value is -2.56. The lowest BCUT2D eigenvalue weighted by molar-refractivity contribution is 0.205. The zero-order valence-corrected chi connectivity index (χ0v) is 13.4. The van der Waals surface area contributed by atoms with Crippen LogP contribution in [0.1, 0.15) is 18.9 Å². The number of nitrogens with zero attached hydrogens (tertiary/aromatic N) is 1. The van der Waals surface area contributed by atoms with E-state index in [0.29, 0.717) is 18.3 Å². The molecule has 2 rings (SSSR count). The van der Waals surface area contributed by atoms with Gasteiger partial charge in [-0.25, -0.2) is 9.38 Å². The predicted molar refractivity (Wildman–Crippen MR) is 92.4 cm³/mol. The van der Waals surface area contributed by atoms with Crippen LogP contribution >= 0.6 is 0 Å². The molecule has 23 heavy (non-hydrogen) atoms. The maximum atomic E-state index is 13.2. The van der Waals surface area contributed by atoms with Gasteiger partial charge in [-0.3, -0.25) is 0 Å². The molecule has 0 fully saturated rings. The molecule has 0 bridgehead atoms. The van der Waals surface area contributed by atoms with Gasteiger partial charge >= 0.3 is 0 Å². The predicted octanol–water partition coefficient (Wildman–Crippen LogP) is 3.72. The summed E-state index contributed by atoms with van der Waals surface area (Å²) in [5.74, 6) is 0.510. The largest absolute Gasteiger partial charge is 0.488 e. The first-order valence-corrected chi connectivity index (χ1v) is 7.62. The molecule has 0 amide bonds. The zero-order valence-electron chi connectivity index (χ0n) is 13.4. The van der Waals surface area contributed by atoms with Crippen LogP contribution in [0.15, 0.2) is 53.5 Å². The van der Waals surface area contributed by atoms with E-state index in [4.69, 9.17) is 10.5 Å². The number of ether oxygens (including phenoxy) is 1. The molecule has 0 aliphatic heterocycles. The summed E-state index contributed by atoms with van der Waals surface area (Å²) in [6, 6.07) is 14.0. The minimum Gasteiger partial charge on any atom is -0.488 e. The lowest BCUT2D eigenvalue weighted by Gasteiger charge is -2.16. The van der Waals surface area contributed by atoms with E-state index in [1.54, 1.807) is 12.1 Å². The number of aryl methyl sites for hydroxylation is 1. The van der Waals surface area contributed by atoms with Crippen molar-refractivity contribution in [2.24, 2.45) is 10.7 Å². The SMILES string of the molecule is CCC(CN=C(N)Nc1cccc(C)c1)Oc1cccc(F)c1. The van der Waals surface area contributed by atoms with Crippen LogP contribution in [0.4, 0.5) is 10.1 Å². The molecule has 5 heteroatoms. The molecule has 0 heterocycles. The van der Waals surface area contributed by atoms with E-state index in [1.165, 1.54) is 12.1 Å². The molecule has 3 N–H and O–H groups in total. The number of hydrogen-bond acceptors (Lipinski definition) is 2. The van der Waals surface area contributed by atoms with Gasteiger partial charge in [0.15, 0.2) is 5.96 Å². The van der Waals surface area contributed by atoms with E-state index in [-0.39, 0.29) is 11.9 Å². The van der Waals surface area contributed by atoms with Crippen molar-refractivity contribution < 1.29 is 9.13 Å². The third kappa shape index (κ3) is 5.62. The lowest BCUT2D eigenvalue weighted by atomic mass is 10.2. The molecular formula is C18H22FN3O. The Bertz CT molecular complexity index is 673. The van der Waals surface area contributed by atoms with Crippen molar-refractivity contribution in [1.82, 2.24) is 0 Å². The first kappa shape index (κ1) is 16.8. The maximum Gasteiger partial charge on any atom is 0.193 e. The Kier molecular flexibility index (Phi) is 5.97. The number of benzene rings is 2. The number of rotatable bonds is 6. The monoisotopic (exact) mass is 315 g/mol. The molecule has 0 aliphatic rings. The summed E-state index contributed by atoms with van der Waals surface area (Å²) in [4.78, 5) is 4.30. The Balaban J connectivity index is 1.93. The summed E-state index contributed by atoms with van der Waals surface area (Å²) in [6.45, 7) is 4.40. The van der Waals surface area contributed by atoms with E-state index in [9.17, 15) is 4.39 Å². The van der Waals surface area contributed by atoms with Crippen LogP contribution in [0.3, 0.4) is 0 Å². The van der Waals surface area contributed by atoms with Crippen LogP contribution in [0, 0.1) is 12.7 Å².